The van der Waals surface area contributed by atoms with Gasteiger partial charge in [-0.05, 0) is 23.9 Å². The minimum Gasteiger partial charge on any atom is -0.460 e. The van der Waals surface area contributed by atoms with Crippen molar-refractivity contribution in [1.82, 2.24) is 4.90 Å². The zero-order chi connectivity index (χ0) is 17.5. The minimum atomic E-state index is -0.226. The molecule has 0 bridgehead atoms. The van der Waals surface area contributed by atoms with Gasteiger partial charge in [0.05, 0.1) is 19.0 Å². The van der Waals surface area contributed by atoms with Gasteiger partial charge in [-0.2, -0.15) is 0 Å². The van der Waals surface area contributed by atoms with Gasteiger partial charge in [0.2, 0.25) is 0 Å². The number of rotatable bonds is 8. The molecule has 0 atom stereocenters. The van der Waals surface area contributed by atoms with Crippen molar-refractivity contribution in [1.29, 1.82) is 0 Å². The molecule has 2 rings (SSSR count). The van der Waals surface area contributed by atoms with Crippen molar-refractivity contribution >= 4 is 57.6 Å². The first-order valence-electron chi connectivity index (χ1n) is 7.71. The van der Waals surface area contributed by atoms with Crippen molar-refractivity contribution in [2.24, 2.45) is 0 Å². The van der Waals surface area contributed by atoms with Crippen LogP contribution in [0, 0.1) is 0 Å². The Kier molecular flexibility index (Phi) is 7.41. The summed E-state index contributed by atoms with van der Waals surface area (Å²) in [5, 5.41) is 1.97. The van der Waals surface area contributed by atoms with Crippen LogP contribution in [0.25, 0.3) is 6.08 Å². The lowest BCUT2D eigenvalue weighted by atomic mass is 10.3. The Bertz CT molecular complexity index is 627. The lowest BCUT2D eigenvalue weighted by molar-refractivity contribution is -0.858. The Balaban J connectivity index is 1.78. The highest BCUT2D eigenvalue weighted by atomic mass is 32.2. The van der Waals surface area contributed by atoms with E-state index in [1.54, 1.807) is 16.2 Å². The second kappa shape index (κ2) is 9.31. The quantitative estimate of drug-likeness (QED) is 0.417. The van der Waals surface area contributed by atoms with E-state index in [-0.39, 0.29) is 11.9 Å². The molecule has 0 radical (unpaired) electrons. The topological polar surface area (TPSA) is 51.1 Å². The smallest absolute Gasteiger partial charge is 0.306 e. The molecule has 0 unspecified atom stereocenters. The van der Waals surface area contributed by atoms with Gasteiger partial charge in [0.1, 0.15) is 17.5 Å². The highest BCUT2D eigenvalue weighted by Crippen LogP contribution is 2.33. The third-order valence-electron chi connectivity index (χ3n) is 3.32. The van der Waals surface area contributed by atoms with E-state index in [1.807, 2.05) is 37.7 Å². The van der Waals surface area contributed by atoms with Crippen molar-refractivity contribution in [3.05, 3.63) is 27.3 Å². The zero-order valence-electron chi connectivity index (χ0n) is 13.7. The number of ether oxygens (including phenoxy) is 1. The molecule has 1 fully saturated rings. The second-order valence-corrected chi connectivity index (χ2v) is 8.28. The number of thiocarbonyl (C=S) groups is 1. The molecule has 1 saturated heterocycles. The number of esters is 1. The van der Waals surface area contributed by atoms with Gasteiger partial charge in [0.15, 0.2) is 0 Å². The summed E-state index contributed by atoms with van der Waals surface area (Å²) in [5.74, 6) is -0.307. The fourth-order valence-electron chi connectivity index (χ4n) is 2.02. The average Bonchev–Trinajstić information content (AvgIpc) is 3.11. The average molecular weight is 386 g/mol. The van der Waals surface area contributed by atoms with Crippen molar-refractivity contribution in [2.75, 3.05) is 33.8 Å². The lowest BCUT2D eigenvalue weighted by Crippen LogP contribution is -3.06. The number of hydrogen-bond donors (Lipinski definition) is 1. The van der Waals surface area contributed by atoms with Crippen LogP contribution in [0.2, 0.25) is 0 Å². The summed E-state index contributed by atoms with van der Waals surface area (Å²) in [6.45, 7) is 1.65. The van der Waals surface area contributed by atoms with E-state index in [1.165, 1.54) is 16.7 Å². The highest BCUT2D eigenvalue weighted by Gasteiger charge is 2.31. The molecule has 5 nitrogen and oxygen atoms in total. The number of amides is 1. The highest BCUT2D eigenvalue weighted by molar-refractivity contribution is 8.26. The molecular weight excluding hydrogens is 364 g/mol. The predicted molar refractivity (Wildman–Crippen MR) is 102 cm³/mol. The van der Waals surface area contributed by atoms with Gasteiger partial charge in [-0.3, -0.25) is 14.5 Å². The van der Waals surface area contributed by atoms with Gasteiger partial charge in [0, 0.05) is 17.8 Å². The molecule has 1 aliphatic rings. The molecule has 0 saturated carbocycles. The van der Waals surface area contributed by atoms with Crippen LogP contribution in [-0.2, 0) is 14.3 Å². The summed E-state index contributed by atoms with van der Waals surface area (Å²) < 4.78 is 5.70. The number of likely N-dealkylation sites (N-methyl/N-ethyl adjacent to an activating group) is 1. The molecular formula is C16H21N2O3S3+. The molecule has 0 spiro atoms. The Hall–Kier alpha value is -1.22. The maximum Gasteiger partial charge on any atom is 0.306 e. The molecule has 24 heavy (non-hydrogen) atoms. The lowest BCUT2D eigenvalue weighted by Gasteiger charge is -2.14. The summed E-state index contributed by atoms with van der Waals surface area (Å²) in [5.41, 5.74) is 0. The van der Waals surface area contributed by atoms with Crippen LogP contribution in [0.4, 0.5) is 0 Å². The number of thiophene rings is 1. The van der Waals surface area contributed by atoms with E-state index in [0.29, 0.717) is 35.2 Å². The summed E-state index contributed by atoms with van der Waals surface area (Å²) in [7, 11) is 4.01. The van der Waals surface area contributed by atoms with Crippen LogP contribution < -0.4 is 4.90 Å². The molecule has 2 heterocycles. The Labute approximate surface area is 155 Å². The van der Waals surface area contributed by atoms with E-state index in [2.05, 4.69) is 0 Å². The zero-order valence-corrected chi connectivity index (χ0v) is 16.2. The van der Waals surface area contributed by atoms with E-state index >= 15 is 0 Å². The summed E-state index contributed by atoms with van der Waals surface area (Å²) in [6, 6.07) is 3.91. The number of carbonyl (C=O) groups is 2. The third kappa shape index (κ3) is 5.70. The van der Waals surface area contributed by atoms with Crippen LogP contribution in [0.15, 0.2) is 22.4 Å². The van der Waals surface area contributed by atoms with E-state index in [4.69, 9.17) is 17.0 Å². The van der Waals surface area contributed by atoms with Crippen LogP contribution in [0.5, 0.6) is 0 Å². The predicted octanol–water partition coefficient (Wildman–Crippen LogP) is 1.42. The maximum atomic E-state index is 12.4. The normalized spacial score (nSPS) is 16.5. The first-order chi connectivity index (χ1) is 11.5. The number of nitrogens with one attached hydrogen (secondary N) is 1. The van der Waals surface area contributed by atoms with Crippen LogP contribution in [0.3, 0.4) is 0 Å². The molecule has 0 aromatic carbocycles. The fraction of sp³-hybridized carbons (Fsp3) is 0.438. The van der Waals surface area contributed by atoms with E-state index in [0.717, 1.165) is 11.4 Å². The van der Waals surface area contributed by atoms with Crippen molar-refractivity contribution < 1.29 is 19.2 Å². The summed E-state index contributed by atoms with van der Waals surface area (Å²) >= 11 is 8.17. The molecule has 130 valence electrons. The molecule has 8 heteroatoms. The fourth-order valence-corrected chi connectivity index (χ4v) is 4.05. The number of thioether (sulfide) groups is 1. The van der Waals surface area contributed by atoms with E-state index in [9.17, 15) is 9.59 Å². The van der Waals surface area contributed by atoms with Crippen LogP contribution in [0.1, 0.15) is 17.7 Å². The Morgan fingerprint density at radius 1 is 1.46 bits per heavy atom. The standard InChI is InChI=1S/C16H20N2O3S3/c1-17(2)8-9-21-14(19)6-3-7-18-15(20)13(24-16(18)22)11-12-5-4-10-23-12/h4-5,10-11H,3,6-9H2,1-2H3/p+1/b13-11+. The number of nitrogens with zero attached hydrogens (tertiary/aromatic N) is 1. The van der Waals surface area contributed by atoms with Gasteiger partial charge < -0.3 is 9.64 Å². The first kappa shape index (κ1) is 19.1. The van der Waals surface area contributed by atoms with Crippen molar-refractivity contribution in [3.63, 3.8) is 0 Å². The largest absolute Gasteiger partial charge is 0.460 e. The van der Waals surface area contributed by atoms with Gasteiger partial charge in [0.25, 0.3) is 5.91 Å². The van der Waals surface area contributed by atoms with Crippen LogP contribution in [-0.4, -0.2) is 54.9 Å². The molecule has 1 amide bonds. The monoisotopic (exact) mass is 385 g/mol. The first-order valence-corrected chi connectivity index (χ1v) is 9.81. The van der Waals surface area contributed by atoms with E-state index < -0.39 is 0 Å². The van der Waals surface area contributed by atoms with Gasteiger partial charge >= 0.3 is 5.97 Å². The number of carbonyl (C=O) groups excluding carboxylic acids is 2. The summed E-state index contributed by atoms with van der Waals surface area (Å²) in [4.78, 5) is 28.5. The van der Waals surface area contributed by atoms with Crippen molar-refractivity contribution in [3.8, 4) is 0 Å². The second-order valence-electron chi connectivity index (χ2n) is 5.63. The molecule has 0 aliphatic carbocycles. The third-order valence-corrected chi connectivity index (χ3v) is 5.51. The van der Waals surface area contributed by atoms with Gasteiger partial charge in [-0.1, -0.05) is 30.0 Å². The molecule has 1 aliphatic heterocycles. The SMILES string of the molecule is C[NH+](C)CCOC(=O)CCCN1C(=O)/C(=C\c2cccs2)SC1=S. The van der Waals surface area contributed by atoms with Crippen LogP contribution >= 0.6 is 35.3 Å². The minimum absolute atomic E-state index is 0.0806. The number of quaternary nitrogens is 1. The van der Waals surface area contributed by atoms with Crippen molar-refractivity contribution in [2.45, 2.75) is 12.8 Å². The Morgan fingerprint density at radius 3 is 2.92 bits per heavy atom. The molecule has 1 aromatic heterocycles. The van der Waals surface area contributed by atoms with Gasteiger partial charge in [-0.15, -0.1) is 11.3 Å². The molecule has 1 N–H and O–H groups in total. The Morgan fingerprint density at radius 2 is 2.25 bits per heavy atom. The maximum absolute atomic E-state index is 12.4. The van der Waals surface area contributed by atoms with Gasteiger partial charge in [-0.25, -0.2) is 0 Å². The molecule has 1 aromatic rings. The number of hydrogen-bond acceptors (Lipinski definition) is 6. The summed E-state index contributed by atoms with van der Waals surface area (Å²) in [6.07, 6.45) is 2.71.